The Hall–Kier alpha value is -1.70. The fourth-order valence-corrected chi connectivity index (χ4v) is 2.26. The average molecular weight is 267 g/mol. The minimum atomic E-state index is -3.62. The predicted molar refractivity (Wildman–Crippen MR) is 64.9 cm³/mol. The minimum Gasteiger partial charge on any atom is -0.468 e. The van der Waals surface area contributed by atoms with Gasteiger partial charge in [0.1, 0.15) is 5.76 Å². The van der Waals surface area contributed by atoms with Gasteiger partial charge in [0.25, 0.3) is 10.0 Å². The van der Waals surface area contributed by atoms with Crippen molar-refractivity contribution in [1.82, 2.24) is 9.71 Å². The van der Waals surface area contributed by atoms with Crippen LogP contribution in [-0.4, -0.2) is 13.4 Å². The van der Waals surface area contributed by atoms with Gasteiger partial charge in [0.05, 0.1) is 12.8 Å². The summed E-state index contributed by atoms with van der Waals surface area (Å²) in [5.41, 5.74) is 6.19. The molecule has 0 unspecified atom stereocenters. The third kappa shape index (κ3) is 2.95. The number of furan rings is 1. The number of hydrogen-bond acceptors (Lipinski definition) is 5. The van der Waals surface area contributed by atoms with Crippen molar-refractivity contribution in [2.45, 2.75) is 18.1 Å². The molecule has 0 saturated heterocycles. The van der Waals surface area contributed by atoms with Gasteiger partial charge in [0, 0.05) is 12.7 Å². The summed E-state index contributed by atoms with van der Waals surface area (Å²) in [5, 5.41) is -0.0359. The number of rotatable bonds is 5. The second-order valence-corrected chi connectivity index (χ2v) is 5.33. The summed E-state index contributed by atoms with van der Waals surface area (Å²) in [7, 11) is -3.62. The summed E-state index contributed by atoms with van der Waals surface area (Å²) >= 11 is 0. The van der Waals surface area contributed by atoms with Crippen molar-refractivity contribution in [3.63, 3.8) is 0 Å². The van der Waals surface area contributed by atoms with E-state index in [-0.39, 0.29) is 11.6 Å². The molecule has 0 radical (unpaired) electrons. The van der Waals surface area contributed by atoms with Crippen molar-refractivity contribution in [3.8, 4) is 0 Å². The molecule has 2 rings (SSSR count). The van der Waals surface area contributed by atoms with Crippen LogP contribution in [-0.2, 0) is 23.1 Å². The van der Waals surface area contributed by atoms with Crippen LogP contribution in [0, 0.1) is 0 Å². The quantitative estimate of drug-likeness (QED) is 0.827. The highest BCUT2D eigenvalue weighted by Gasteiger charge is 2.15. The molecule has 3 N–H and O–H groups in total. The topological polar surface area (TPSA) is 98.2 Å². The van der Waals surface area contributed by atoms with Crippen molar-refractivity contribution < 1.29 is 12.8 Å². The van der Waals surface area contributed by atoms with Crippen LogP contribution in [0.15, 0.2) is 46.2 Å². The Bertz CT molecular complexity index is 591. The lowest BCUT2D eigenvalue weighted by molar-refractivity contribution is 0.498. The minimum absolute atomic E-state index is 0.0359. The Morgan fingerprint density at radius 3 is 2.72 bits per heavy atom. The molecule has 18 heavy (non-hydrogen) atoms. The highest BCUT2D eigenvalue weighted by molar-refractivity contribution is 7.89. The number of pyridine rings is 1. The number of nitrogens with two attached hydrogens (primary N) is 1. The first-order valence-corrected chi connectivity index (χ1v) is 6.77. The first-order chi connectivity index (χ1) is 8.62. The second-order valence-electron chi connectivity index (χ2n) is 3.61. The molecule has 2 aromatic rings. The van der Waals surface area contributed by atoms with Crippen LogP contribution >= 0.6 is 0 Å². The molecule has 0 aliphatic rings. The van der Waals surface area contributed by atoms with E-state index in [9.17, 15) is 8.42 Å². The molecule has 0 bridgehead atoms. The number of nitrogens with zero attached hydrogens (tertiary/aromatic N) is 1. The zero-order valence-corrected chi connectivity index (χ0v) is 10.4. The van der Waals surface area contributed by atoms with E-state index in [4.69, 9.17) is 10.2 Å². The molecule has 0 amide bonds. The van der Waals surface area contributed by atoms with Gasteiger partial charge in [-0.2, -0.15) is 0 Å². The highest BCUT2D eigenvalue weighted by atomic mass is 32.2. The molecular formula is C11H13N3O3S. The Balaban J connectivity index is 2.09. The summed E-state index contributed by atoms with van der Waals surface area (Å²) in [5.74, 6) is 0.539. The van der Waals surface area contributed by atoms with Gasteiger partial charge in [-0.05, 0) is 23.8 Å². The van der Waals surface area contributed by atoms with Gasteiger partial charge in [-0.25, -0.2) is 18.1 Å². The molecule has 0 fully saturated rings. The second kappa shape index (κ2) is 5.30. The molecule has 0 spiro atoms. The molecule has 0 aliphatic carbocycles. The summed E-state index contributed by atoms with van der Waals surface area (Å²) in [6.45, 7) is 0.419. The zero-order chi connectivity index (χ0) is 13.0. The maximum Gasteiger partial charge on any atom is 0.258 e. The lowest BCUT2D eigenvalue weighted by Crippen LogP contribution is -2.24. The van der Waals surface area contributed by atoms with Gasteiger partial charge in [-0.3, -0.25) is 0 Å². The number of aromatic nitrogens is 1. The molecule has 2 heterocycles. The Morgan fingerprint density at radius 1 is 1.33 bits per heavy atom. The van der Waals surface area contributed by atoms with Crippen LogP contribution in [0.25, 0.3) is 0 Å². The lowest BCUT2D eigenvalue weighted by Gasteiger charge is -2.05. The van der Waals surface area contributed by atoms with E-state index in [0.717, 1.165) is 5.56 Å². The fourth-order valence-electron chi connectivity index (χ4n) is 1.34. The smallest absolute Gasteiger partial charge is 0.258 e. The molecule has 96 valence electrons. The fraction of sp³-hybridized carbons (Fsp3) is 0.182. The molecule has 0 aliphatic heterocycles. The Morgan fingerprint density at radius 2 is 2.17 bits per heavy atom. The summed E-state index contributed by atoms with van der Waals surface area (Å²) < 4.78 is 31.2. The highest BCUT2D eigenvalue weighted by Crippen LogP contribution is 2.08. The van der Waals surface area contributed by atoms with Crippen molar-refractivity contribution in [1.29, 1.82) is 0 Å². The normalized spacial score (nSPS) is 11.6. The molecule has 0 atom stereocenters. The van der Waals surface area contributed by atoms with E-state index in [2.05, 4.69) is 9.71 Å². The van der Waals surface area contributed by atoms with Gasteiger partial charge in [0.2, 0.25) is 0 Å². The van der Waals surface area contributed by atoms with Crippen LogP contribution in [0.2, 0.25) is 0 Å². The van der Waals surface area contributed by atoms with Gasteiger partial charge >= 0.3 is 0 Å². The van der Waals surface area contributed by atoms with Crippen molar-refractivity contribution in [2.75, 3.05) is 0 Å². The molecule has 0 saturated carbocycles. The summed E-state index contributed by atoms with van der Waals surface area (Å²) in [6.07, 6.45) is 2.93. The van der Waals surface area contributed by atoms with Crippen LogP contribution < -0.4 is 10.5 Å². The van der Waals surface area contributed by atoms with Crippen LogP contribution in [0.1, 0.15) is 11.3 Å². The van der Waals surface area contributed by atoms with E-state index >= 15 is 0 Å². The number of sulfonamides is 1. The van der Waals surface area contributed by atoms with Crippen molar-refractivity contribution in [2.24, 2.45) is 5.73 Å². The third-order valence-corrected chi connectivity index (χ3v) is 3.64. The Kier molecular flexibility index (Phi) is 3.75. The molecular weight excluding hydrogens is 254 g/mol. The van der Waals surface area contributed by atoms with Crippen LogP contribution in [0.5, 0.6) is 0 Å². The van der Waals surface area contributed by atoms with E-state index in [1.807, 2.05) is 0 Å². The first kappa shape index (κ1) is 12.7. The van der Waals surface area contributed by atoms with Gasteiger partial charge in [-0.15, -0.1) is 0 Å². The van der Waals surface area contributed by atoms with Crippen molar-refractivity contribution >= 4 is 10.0 Å². The molecule has 2 aromatic heterocycles. The summed E-state index contributed by atoms with van der Waals surface area (Å²) in [4.78, 5) is 3.86. The van der Waals surface area contributed by atoms with Gasteiger partial charge < -0.3 is 10.2 Å². The Labute approximate surface area is 105 Å². The van der Waals surface area contributed by atoms with Gasteiger partial charge in [-0.1, -0.05) is 6.07 Å². The number of nitrogens with one attached hydrogen (secondary N) is 1. The van der Waals surface area contributed by atoms with Crippen LogP contribution in [0.3, 0.4) is 0 Å². The van der Waals surface area contributed by atoms with Gasteiger partial charge in [0.15, 0.2) is 5.03 Å². The molecule has 7 heteroatoms. The van der Waals surface area contributed by atoms with E-state index < -0.39 is 10.0 Å². The standard InChI is InChI=1S/C11H13N3O3S/c12-6-9-3-4-11(13-7-9)18(15,16)14-8-10-2-1-5-17-10/h1-5,7,14H,6,8,12H2. The average Bonchev–Trinajstić information content (AvgIpc) is 2.90. The largest absolute Gasteiger partial charge is 0.468 e. The zero-order valence-electron chi connectivity index (χ0n) is 9.54. The van der Waals surface area contributed by atoms with E-state index in [0.29, 0.717) is 12.3 Å². The molecule has 0 aromatic carbocycles. The van der Waals surface area contributed by atoms with Crippen molar-refractivity contribution in [3.05, 3.63) is 48.0 Å². The maximum atomic E-state index is 11.9. The first-order valence-electron chi connectivity index (χ1n) is 5.29. The summed E-state index contributed by atoms with van der Waals surface area (Å²) in [6, 6.07) is 6.44. The SMILES string of the molecule is NCc1ccc(S(=O)(=O)NCc2ccco2)nc1. The number of hydrogen-bond donors (Lipinski definition) is 2. The predicted octanol–water partition coefficient (Wildman–Crippen LogP) is 0.612. The van der Waals surface area contributed by atoms with E-state index in [1.54, 1.807) is 18.2 Å². The maximum absolute atomic E-state index is 11.9. The monoisotopic (exact) mass is 267 g/mol. The lowest BCUT2D eigenvalue weighted by atomic mass is 10.3. The van der Waals surface area contributed by atoms with E-state index in [1.165, 1.54) is 18.5 Å². The third-order valence-electron chi connectivity index (χ3n) is 2.33. The molecule has 6 nitrogen and oxygen atoms in total. The van der Waals surface area contributed by atoms with Crippen LogP contribution in [0.4, 0.5) is 0 Å².